The molecule has 1 atom stereocenters. The number of ether oxygens (including phenoxy) is 1. The lowest BCUT2D eigenvalue weighted by Gasteiger charge is -2.20. The van der Waals surface area contributed by atoms with Crippen molar-refractivity contribution < 1.29 is 9.53 Å². The van der Waals surface area contributed by atoms with Crippen molar-refractivity contribution >= 4 is 46.0 Å². The molecule has 1 aliphatic heterocycles. The molecule has 0 aliphatic carbocycles. The summed E-state index contributed by atoms with van der Waals surface area (Å²) < 4.78 is 5.64. The number of benzene rings is 2. The van der Waals surface area contributed by atoms with Crippen molar-refractivity contribution in [2.75, 3.05) is 11.5 Å². The van der Waals surface area contributed by atoms with E-state index in [2.05, 4.69) is 15.0 Å². The summed E-state index contributed by atoms with van der Waals surface area (Å²) in [5, 5.41) is 3.02. The van der Waals surface area contributed by atoms with Crippen LogP contribution in [0.2, 0.25) is 5.02 Å². The van der Waals surface area contributed by atoms with Gasteiger partial charge < -0.3 is 16.2 Å². The molecule has 2 aromatic carbocycles. The van der Waals surface area contributed by atoms with E-state index < -0.39 is 0 Å². The van der Waals surface area contributed by atoms with E-state index in [9.17, 15) is 4.79 Å². The van der Waals surface area contributed by atoms with E-state index in [1.54, 1.807) is 6.92 Å². The van der Waals surface area contributed by atoms with Gasteiger partial charge in [0.25, 0.3) is 0 Å². The predicted octanol–water partition coefficient (Wildman–Crippen LogP) is 3.17. The van der Waals surface area contributed by atoms with Crippen LogP contribution >= 0.6 is 23.4 Å². The van der Waals surface area contributed by atoms with Gasteiger partial charge in [-0.1, -0.05) is 48.5 Å². The molecule has 0 radical (unpaired) electrons. The maximum Gasteiger partial charge on any atom is 0.224 e. The summed E-state index contributed by atoms with van der Waals surface area (Å²) in [7, 11) is 0. The van der Waals surface area contributed by atoms with E-state index >= 15 is 0 Å². The number of thioether (sulfide) groups is 1. The lowest BCUT2D eigenvalue weighted by Crippen LogP contribution is -2.22. The van der Waals surface area contributed by atoms with Crippen molar-refractivity contribution in [1.29, 1.82) is 0 Å². The lowest BCUT2D eigenvalue weighted by atomic mass is 9.94. The molecule has 4 N–H and O–H groups in total. The molecular weight excluding hydrogens is 398 g/mol. The Kier molecular flexibility index (Phi) is 5.09. The highest BCUT2D eigenvalue weighted by molar-refractivity contribution is 7.99. The van der Waals surface area contributed by atoms with E-state index in [1.807, 2.05) is 24.3 Å². The van der Waals surface area contributed by atoms with E-state index in [1.165, 1.54) is 11.8 Å². The van der Waals surface area contributed by atoms with Gasteiger partial charge in [-0.3, -0.25) is 4.79 Å². The average molecular weight is 416 g/mol. The molecule has 1 aliphatic rings. The van der Waals surface area contributed by atoms with Gasteiger partial charge in [-0.2, -0.15) is 9.97 Å². The summed E-state index contributed by atoms with van der Waals surface area (Å²) in [5.41, 5.74) is 14.1. The number of primary amides is 1. The number of nitrogens with two attached hydrogens (primary N) is 2. The zero-order valence-corrected chi connectivity index (χ0v) is 16.7. The highest BCUT2D eigenvalue weighted by Crippen LogP contribution is 2.39. The smallest absolute Gasteiger partial charge is 0.224 e. The molecule has 0 bridgehead atoms. The first kappa shape index (κ1) is 18.9. The second-order valence-corrected chi connectivity index (χ2v) is 8.03. The predicted molar refractivity (Wildman–Crippen MR) is 110 cm³/mol. The van der Waals surface area contributed by atoms with Gasteiger partial charge in [0.05, 0.1) is 18.2 Å². The van der Waals surface area contributed by atoms with Crippen LogP contribution in [0.5, 0.6) is 0 Å². The minimum atomic E-state index is -0.372. The van der Waals surface area contributed by atoms with Gasteiger partial charge in [-0.15, -0.1) is 0 Å². The molecule has 3 aromatic rings. The van der Waals surface area contributed by atoms with Crippen molar-refractivity contribution in [2.24, 2.45) is 11.7 Å². The number of carbonyl (C=O) groups is 1. The molecular formula is C19H18ClN5O2S. The number of anilines is 1. The summed E-state index contributed by atoms with van der Waals surface area (Å²) in [6.45, 7) is 2.82. The number of hydrogen-bond donors (Lipinski definition) is 2. The molecule has 7 nitrogen and oxygen atoms in total. The summed E-state index contributed by atoms with van der Waals surface area (Å²) in [5.74, 6) is 0.271. The Bertz CT molecular complexity index is 1090. The molecule has 0 spiro atoms. The molecule has 28 heavy (non-hydrogen) atoms. The number of hydrogen-bond acceptors (Lipinski definition) is 7. The van der Waals surface area contributed by atoms with Crippen molar-refractivity contribution in [3.8, 4) is 11.4 Å². The van der Waals surface area contributed by atoms with Gasteiger partial charge in [0.2, 0.25) is 11.9 Å². The second-order valence-electron chi connectivity index (χ2n) is 6.64. The number of halogens is 1. The van der Waals surface area contributed by atoms with Gasteiger partial charge >= 0.3 is 0 Å². The largest absolute Gasteiger partial charge is 0.372 e. The van der Waals surface area contributed by atoms with Crippen molar-refractivity contribution in [3.63, 3.8) is 0 Å². The monoisotopic (exact) mass is 415 g/mol. The Balaban J connectivity index is 1.82. The van der Waals surface area contributed by atoms with Gasteiger partial charge in [0.15, 0.2) is 11.0 Å². The SMILES string of the molecule is CC(CSc1nc(N)nc(-c2c(Cl)cc3c4c(cccc24)COC3)n1)C(N)=O. The molecule has 9 heteroatoms. The summed E-state index contributed by atoms with van der Waals surface area (Å²) >= 11 is 7.91. The minimum Gasteiger partial charge on any atom is -0.372 e. The van der Waals surface area contributed by atoms with Crippen molar-refractivity contribution in [2.45, 2.75) is 25.3 Å². The molecule has 0 saturated heterocycles. The summed E-state index contributed by atoms with van der Waals surface area (Å²) in [6.07, 6.45) is 0. The van der Waals surface area contributed by atoms with Crippen LogP contribution < -0.4 is 11.5 Å². The Morgan fingerprint density at radius 2 is 2.07 bits per heavy atom. The highest BCUT2D eigenvalue weighted by Gasteiger charge is 2.21. The number of nitrogens with zero attached hydrogens (tertiary/aromatic N) is 3. The number of rotatable bonds is 5. The first-order valence-electron chi connectivity index (χ1n) is 8.68. The lowest BCUT2D eigenvalue weighted by molar-refractivity contribution is -0.120. The van der Waals surface area contributed by atoms with Crippen molar-refractivity contribution in [3.05, 3.63) is 40.4 Å². The van der Waals surface area contributed by atoms with Crippen LogP contribution in [0.3, 0.4) is 0 Å². The topological polar surface area (TPSA) is 117 Å². The number of aromatic nitrogens is 3. The average Bonchev–Trinajstić information content (AvgIpc) is 2.66. The molecule has 0 saturated carbocycles. The fraction of sp³-hybridized carbons (Fsp3) is 0.263. The Morgan fingerprint density at radius 3 is 2.86 bits per heavy atom. The standard InChI is InChI=1S/C19H18ClN5O2S/c1-9(16(21)26)8-28-19-24-17(23-18(22)25-19)15-12-4-2-3-10-6-27-7-11(14(10)12)5-13(15)20/h2-5,9H,6-8H2,1H3,(H2,21,26)(H2,22,23,24,25). The highest BCUT2D eigenvalue weighted by atomic mass is 35.5. The van der Waals surface area contributed by atoms with Crippen molar-refractivity contribution in [1.82, 2.24) is 15.0 Å². The Labute approximate surface area is 170 Å². The third-order valence-corrected chi connectivity index (χ3v) is 6.01. The minimum absolute atomic E-state index is 0.0964. The van der Waals surface area contributed by atoms with Crippen LogP contribution in [0.4, 0.5) is 5.95 Å². The quantitative estimate of drug-likeness (QED) is 0.614. The number of amides is 1. The fourth-order valence-electron chi connectivity index (χ4n) is 3.18. The van der Waals surface area contributed by atoms with Gasteiger partial charge in [0, 0.05) is 17.2 Å². The molecule has 1 aromatic heterocycles. The van der Waals surface area contributed by atoms with Gasteiger partial charge in [-0.05, 0) is 28.0 Å². The van der Waals surface area contributed by atoms with Gasteiger partial charge in [-0.25, -0.2) is 4.98 Å². The number of nitrogen functional groups attached to an aromatic ring is 1. The van der Waals surface area contributed by atoms with E-state index in [4.69, 9.17) is 27.8 Å². The van der Waals surface area contributed by atoms with Crippen LogP contribution in [0.25, 0.3) is 22.2 Å². The Morgan fingerprint density at radius 1 is 1.29 bits per heavy atom. The van der Waals surface area contributed by atoms with Crippen LogP contribution in [-0.4, -0.2) is 26.6 Å². The molecule has 0 fully saturated rings. The zero-order chi connectivity index (χ0) is 19.8. The molecule has 4 rings (SSSR count). The summed E-state index contributed by atoms with van der Waals surface area (Å²) in [6, 6.07) is 7.89. The molecule has 1 amide bonds. The first-order valence-corrected chi connectivity index (χ1v) is 10.0. The molecule has 1 unspecified atom stereocenters. The van der Waals surface area contributed by atoms with Crippen LogP contribution in [0, 0.1) is 5.92 Å². The first-order chi connectivity index (χ1) is 13.4. The van der Waals surface area contributed by atoms with Crippen LogP contribution in [0.15, 0.2) is 29.4 Å². The van der Waals surface area contributed by atoms with E-state index in [-0.39, 0.29) is 17.8 Å². The summed E-state index contributed by atoms with van der Waals surface area (Å²) in [4.78, 5) is 24.3. The fourth-order valence-corrected chi connectivity index (χ4v) is 4.37. The zero-order valence-electron chi connectivity index (χ0n) is 15.1. The van der Waals surface area contributed by atoms with Gasteiger partial charge in [0.1, 0.15) is 0 Å². The normalized spacial score (nSPS) is 14.2. The maximum atomic E-state index is 11.3. The number of carbonyl (C=O) groups excluding carboxylic acids is 1. The Hall–Kier alpha value is -2.42. The van der Waals surface area contributed by atoms with Crippen LogP contribution in [-0.2, 0) is 22.7 Å². The maximum absolute atomic E-state index is 11.3. The molecule has 2 heterocycles. The second kappa shape index (κ2) is 7.54. The third-order valence-electron chi connectivity index (χ3n) is 4.60. The molecule has 144 valence electrons. The van der Waals surface area contributed by atoms with Crippen LogP contribution in [0.1, 0.15) is 18.1 Å². The third kappa shape index (κ3) is 3.50. The van der Waals surface area contributed by atoms with E-state index in [0.717, 1.165) is 21.9 Å². The van der Waals surface area contributed by atoms with E-state index in [0.29, 0.717) is 40.5 Å².